The number of rotatable bonds is 9. The summed E-state index contributed by atoms with van der Waals surface area (Å²) in [6.45, 7) is 2.21. The first-order valence-electron chi connectivity index (χ1n) is 7.43. The first-order valence-corrected chi connectivity index (χ1v) is 10.8. The fraction of sp³-hybridized carbons (Fsp3) is 0.429. The Balaban J connectivity index is 2.17. The highest BCUT2D eigenvalue weighted by atomic mass is 35.5. The third-order valence-corrected chi connectivity index (χ3v) is 5.71. The van der Waals surface area contributed by atoms with Gasteiger partial charge in [-0.2, -0.15) is 0 Å². The fourth-order valence-corrected chi connectivity index (χ4v) is 4.23. The Labute approximate surface area is 156 Å². The Morgan fingerprint density at radius 1 is 1.17 bits per heavy atom. The molecule has 0 radical (unpaired) electrons. The summed E-state index contributed by atoms with van der Waals surface area (Å²) in [6.07, 6.45) is 1.65. The normalized spacial score (nSPS) is 11.7. The second kappa shape index (κ2) is 9.13. The molecule has 24 heavy (non-hydrogen) atoms. The summed E-state index contributed by atoms with van der Waals surface area (Å²) >= 11 is 17.5. The molecule has 0 amide bonds. The Morgan fingerprint density at radius 2 is 1.83 bits per heavy atom. The van der Waals surface area contributed by atoms with Gasteiger partial charge < -0.3 is 13.5 Å². The van der Waals surface area contributed by atoms with Crippen LogP contribution in [-0.4, -0.2) is 23.4 Å². The van der Waals surface area contributed by atoms with E-state index in [9.17, 15) is 0 Å². The molecule has 0 bridgehead atoms. The van der Waals surface area contributed by atoms with Crippen molar-refractivity contribution in [2.45, 2.75) is 26.7 Å². The fourth-order valence-electron chi connectivity index (χ4n) is 1.68. The summed E-state index contributed by atoms with van der Waals surface area (Å²) in [6, 6.07) is 5.14. The molecule has 10 heteroatoms. The van der Waals surface area contributed by atoms with Crippen molar-refractivity contribution in [2.24, 2.45) is 0 Å². The molecule has 0 saturated carbocycles. The number of hydrogen-bond acceptors (Lipinski definition) is 6. The molecule has 0 aliphatic rings. The lowest BCUT2D eigenvalue weighted by molar-refractivity contribution is 0.250. The zero-order chi connectivity index (χ0) is 17.6. The van der Waals surface area contributed by atoms with Gasteiger partial charge in [-0.15, -0.1) is 5.10 Å². The zero-order valence-electron chi connectivity index (χ0n) is 13.3. The Bertz CT molecular complexity index is 717. The van der Waals surface area contributed by atoms with Crippen LogP contribution in [0.3, 0.4) is 0 Å². The number of aromatic nitrogens is 2. The molecule has 0 unspecified atom stereocenters. The van der Waals surface area contributed by atoms with Crippen molar-refractivity contribution in [1.82, 2.24) is 10.2 Å². The van der Waals surface area contributed by atoms with Crippen LogP contribution in [0.25, 0.3) is 11.5 Å². The van der Waals surface area contributed by atoms with E-state index in [2.05, 4.69) is 15.3 Å². The number of nitrogens with zero attached hydrogens (tertiary/aromatic N) is 2. The van der Waals surface area contributed by atoms with E-state index in [1.807, 2.05) is 13.8 Å². The van der Waals surface area contributed by atoms with Crippen LogP contribution < -0.4 is 5.09 Å². The summed E-state index contributed by atoms with van der Waals surface area (Å²) < 4.78 is 16.9. The number of anilines is 1. The van der Waals surface area contributed by atoms with Crippen LogP contribution in [0, 0.1) is 0 Å². The van der Waals surface area contributed by atoms with Crippen LogP contribution in [0.2, 0.25) is 10.0 Å². The SMILES string of the molecule is CCCOP(=S)(Nc1nnc(-c2ccc(Cl)cc2Cl)o1)OCCC. The number of nitrogens with one attached hydrogen (secondary N) is 1. The van der Waals surface area contributed by atoms with E-state index in [0.717, 1.165) is 12.8 Å². The van der Waals surface area contributed by atoms with Gasteiger partial charge >= 0.3 is 6.01 Å². The van der Waals surface area contributed by atoms with Crippen LogP contribution in [0.1, 0.15) is 26.7 Å². The minimum absolute atomic E-state index is 0.131. The van der Waals surface area contributed by atoms with Crippen molar-refractivity contribution >= 4 is 47.7 Å². The first-order chi connectivity index (χ1) is 11.5. The van der Waals surface area contributed by atoms with Gasteiger partial charge in [0.15, 0.2) is 0 Å². The Morgan fingerprint density at radius 3 is 2.42 bits per heavy atom. The molecule has 1 aromatic carbocycles. The van der Waals surface area contributed by atoms with E-state index in [1.54, 1.807) is 18.2 Å². The third-order valence-electron chi connectivity index (χ3n) is 2.75. The quantitative estimate of drug-likeness (QED) is 0.545. The topological polar surface area (TPSA) is 69.4 Å². The Hall–Kier alpha value is -0.690. The highest BCUT2D eigenvalue weighted by Crippen LogP contribution is 2.48. The standard InChI is InChI=1S/C14H18Cl2N3O3PS/c1-3-7-20-23(24,21-8-4-2)19-14-18-17-13(22-14)11-6-5-10(15)9-12(11)16/h5-6,9H,3-4,7-8H2,1-2H3,(H,18,19,24). The maximum atomic E-state index is 6.15. The molecule has 1 N–H and O–H groups in total. The van der Waals surface area contributed by atoms with Gasteiger partial charge in [0.1, 0.15) is 0 Å². The van der Waals surface area contributed by atoms with E-state index >= 15 is 0 Å². The van der Waals surface area contributed by atoms with E-state index in [1.165, 1.54) is 0 Å². The van der Waals surface area contributed by atoms with Crippen LogP contribution >= 0.6 is 29.8 Å². The van der Waals surface area contributed by atoms with Gasteiger partial charge in [-0.25, -0.2) is 0 Å². The predicted octanol–water partition coefficient (Wildman–Crippen LogP) is 5.53. The first kappa shape index (κ1) is 19.6. The smallest absolute Gasteiger partial charge is 0.323 e. The molecule has 2 aromatic rings. The van der Waals surface area contributed by atoms with E-state index in [4.69, 9.17) is 48.5 Å². The molecule has 0 spiro atoms. The number of halogens is 2. The van der Waals surface area contributed by atoms with Gasteiger partial charge in [0.05, 0.1) is 23.8 Å². The van der Waals surface area contributed by atoms with Gasteiger partial charge in [0, 0.05) is 5.02 Å². The van der Waals surface area contributed by atoms with Gasteiger partial charge in [0.2, 0.25) is 0 Å². The lowest BCUT2D eigenvalue weighted by atomic mass is 10.2. The van der Waals surface area contributed by atoms with Crippen molar-refractivity contribution in [2.75, 3.05) is 18.3 Å². The molecule has 6 nitrogen and oxygen atoms in total. The van der Waals surface area contributed by atoms with Crippen LogP contribution in [0.15, 0.2) is 22.6 Å². The monoisotopic (exact) mass is 409 g/mol. The molecule has 1 heterocycles. The van der Waals surface area contributed by atoms with Crippen molar-refractivity contribution in [3.8, 4) is 11.5 Å². The summed E-state index contributed by atoms with van der Waals surface area (Å²) in [5.74, 6) is 0.256. The lowest BCUT2D eigenvalue weighted by Crippen LogP contribution is -2.06. The highest BCUT2D eigenvalue weighted by molar-refractivity contribution is 8.10. The Kier molecular flexibility index (Phi) is 7.47. The summed E-state index contributed by atoms with van der Waals surface area (Å²) in [5, 5.41) is 11.8. The number of benzene rings is 1. The molecule has 0 fully saturated rings. The lowest BCUT2D eigenvalue weighted by Gasteiger charge is -2.21. The molecule has 0 atom stereocenters. The number of hydrogen-bond donors (Lipinski definition) is 1. The maximum absolute atomic E-state index is 6.15. The summed E-state index contributed by atoms with van der Waals surface area (Å²) in [5.41, 5.74) is 0.582. The van der Waals surface area contributed by atoms with Crippen molar-refractivity contribution in [3.05, 3.63) is 28.2 Å². The van der Waals surface area contributed by atoms with Crippen molar-refractivity contribution in [1.29, 1.82) is 0 Å². The zero-order valence-corrected chi connectivity index (χ0v) is 16.5. The second-order valence-corrected chi connectivity index (χ2v) is 8.83. The molecular formula is C14H18Cl2N3O3PS. The molecule has 1 aromatic heterocycles. The average Bonchev–Trinajstić information content (AvgIpc) is 2.99. The highest BCUT2D eigenvalue weighted by Gasteiger charge is 2.22. The minimum atomic E-state index is -2.74. The van der Waals surface area contributed by atoms with E-state index in [0.29, 0.717) is 28.8 Å². The molecule has 0 aliphatic carbocycles. The van der Waals surface area contributed by atoms with E-state index in [-0.39, 0.29) is 11.9 Å². The van der Waals surface area contributed by atoms with Crippen molar-refractivity contribution < 1.29 is 13.5 Å². The maximum Gasteiger partial charge on any atom is 0.323 e. The minimum Gasteiger partial charge on any atom is -0.403 e. The molecule has 0 aliphatic heterocycles. The van der Waals surface area contributed by atoms with Gasteiger partial charge in [-0.3, -0.25) is 5.09 Å². The van der Waals surface area contributed by atoms with Gasteiger partial charge in [-0.05, 0) is 42.8 Å². The van der Waals surface area contributed by atoms with Crippen LogP contribution in [-0.2, 0) is 20.9 Å². The second-order valence-electron chi connectivity index (χ2n) is 4.81. The van der Waals surface area contributed by atoms with Crippen LogP contribution in [0.4, 0.5) is 6.01 Å². The summed E-state index contributed by atoms with van der Waals surface area (Å²) in [4.78, 5) is 0. The third kappa shape index (κ3) is 5.41. The average molecular weight is 410 g/mol. The molecule has 0 saturated heterocycles. The predicted molar refractivity (Wildman–Crippen MR) is 100 cm³/mol. The van der Waals surface area contributed by atoms with Gasteiger partial charge in [-0.1, -0.05) is 42.1 Å². The van der Waals surface area contributed by atoms with Gasteiger partial charge in [0.25, 0.3) is 12.5 Å². The van der Waals surface area contributed by atoms with Crippen molar-refractivity contribution in [3.63, 3.8) is 0 Å². The largest absolute Gasteiger partial charge is 0.403 e. The van der Waals surface area contributed by atoms with E-state index < -0.39 is 6.64 Å². The molecular weight excluding hydrogens is 392 g/mol. The molecule has 132 valence electrons. The van der Waals surface area contributed by atoms with Crippen LogP contribution in [0.5, 0.6) is 0 Å². The summed E-state index contributed by atoms with van der Waals surface area (Å²) in [7, 11) is 0. The molecule has 2 rings (SSSR count).